The van der Waals surface area contributed by atoms with Gasteiger partial charge in [-0.3, -0.25) is 9.59 Å². The number of Topliss-reactive ketones (excluding diaryl/α,β-unsaturated/α-hetero) is 2. The van der Waals surface area contributed by atoms with Crippen LogP contribution in [0.5, 0.6) is 0 Å². The molecule has 0 aromatic rings. The minimum Gasteiger partial charge on any atom is -0.425 e. The van der Waals surface area contributed by atoms with E-state index in [0.29, 0.717) is 11.8 Å². The molecule has 7 heteroatoms. The van der Waals surface area contributed by atoms with Gasteiger partial charge in [-0.1, -0.05) is 0 Å². The van der Waals surface area contributed by atoms with Crippen molar-refractivity contribution in [3.8, 4) is 0 Å². The zero-order chi connectivity index (χ0) is 17.5. The number of rotatable bonds is 7. The van der Waals surface area contributed by atoms with Crippen molar-refractivity contribution in [1.29, 1.82) is 0 Å². The van der Waals surface area contributed by atoms with Crippen LogP contribution in [-0.2, 0) is 23.9 Å². The maximum Gasteiger partial charge on any atom is 0.371 e. The maximum absolute atomic E-state index is 11.7. The first-order valence-electron chi connectivity index (χ1n) is 7.04. The van der Waals surface area contributed by atoms with E-state index >= 15 is 0 Å². The van der Waals surface area contributed by atoms with Crippen molar-refractivity contribution < 1.29 is 28.7 Å². The van der Waals surface area contributed by atoms with E-state index in [9.17, 15) is 19.2 Å². The van der Waals surface area contributed by atoms with Gasteiger partial charge in [0.05, 0.1) is 10.7 Å². The molecule has 0 aromatic carbocycles. The Labute approximate surface area is 135 Å². The second kappa shape index (κ2) is 8.92. The summed E-state index contributed by atoms with van der Waals surface area (Å²) in [4.78, 5) is 45.8. The van der Waals surface area contributed by atoms with Crippen LogP contribution in [0.2, 0.25) is 0 Å². The molecule has 0 aliphatic rings. The normalized spacial score (nSPS) is 13.9. The maximum atomic E-state index is 11.7. The number of carbonyl (C=O) groups is 4. The van der Waals surface area contributed by atoms with Gasteiger partial charge >= 0.3 is 11.3 Å². The van der Waals surface area contributed by atoms with Gasteiger partial charge in [-0.05, 0) is 46.4 Å². The van der Waals surface area contributed by atoms with Crippen LogP contribution in [-0.4, -0.2) is 34.4 Å². The van der Waals surface area contributed by atoms with Gasteiger partial charge in [0.1, 0.15) is 11.6 Å². The quantitative estimate of drug-likeness (QED) is 0.523. The molecule has 2 atom stereocenters. The number of carbonyl (C=O) groups excluding carboxylic acids is 4. The predicted molar refractivity (Wildman–Crippen MR) is 83.5 cm³/mol. The molecule has 0 heterocycles. The molecule has 22 heavy (non-hydrogen) atoms. The summed E-state index contributed by atoms with van der Waals surface area (Å²) >= 11 is 0.709. The fourth-order valence-electron chi connectivity index (χ4n) is 1.23. The molecule has 0 N–H and O–H groups in total. The lowest BCUT2D eigenvalue weighted by atomic mass is 9.97. The molecule has 126 valence electrons. The second-order valence-electron chi connectivity index (χ2n) is 6.02. The predicted octanol–water partition coefficient (Wildman–Crippen LogP) is 3.12. The summed E-state index contributed by atoms with van der Waals surface area (Å²) in [5.74, 6) is -0.754. The highest BCUT2D eigenvalue weighted by Gasteiger charge is 2.27. The van der Waals surface area contributed by atoms with Crippen molar-refractivity contribution in [3.05, 3.63) is 0 Å². The topological polar surface area (TPSA) is 86.7 Å². The summed E-state index contributed by atoms with van der Waals surface area (Å²) in [5, 5.41) is -1.31. The van der Waals surface area contributed by atoms with Crippen molar-refractivity contribution in [2.45, 2.75) is 65.9 Å². The summed E-state index contributed by atoms with van der Waals surface area (Å²) < 4.78 is 9.91. The molecular formula is C15H24O6S. The van der Waals surface area contributed by atoms with Gasteiger partial charge in [-0.2, -0.15) is 0 Å². The van der Waals surface area contributed by atoms with Crippen LogP contribution >= 0.6 is 11.8 Å². The minimum atomic E-state index is -1.02. The Morgan fingerprint density at radius 2 is 1.55 bits per heavy atom. The molecule has 0 fully saturated rings. The zero-order valence-corrected chi connectivity index (χ0v) is 14.7. The van der Waals surface area contributed by atoms with Gasteiger partial charge in [0.15, 0.2) is 0 Å². The third kappa shape index (κ3) is 8.81. The lowest BCUT2D eigenvalue weighted by molar-refractivity contribution is -0.173. The molecule has 0 saturated carbocycles. The largest absolute Gasteiger partial charge is 0.425 e. The Balaban J connectivity index is 4.24. The van der Waals surface area contributed by atoms with E-state index in [0.717, 1.165) is 0 Å². The van der Waals surface area contributed by atoms with Crippen molar-refractivity contribution in [1.82, 2.24) is 0 Å². The number of hydrogen-bond acceptors (Lipinski definition) is 7. The van der Waals surface area contributed by atoms with Crippen LogP contribution in [0, 0.1) is 5.41 Å². The Hall–Kier alpha value is -1.37. The second-order valence-corrected chi connectivity index (χ2v) is 7.30. The molecule has 6 nitrogen and oxygen atoms in total. The third-order valence-electron chi connectivity index (χ3n) is 2.60. The summed E-state index contributed by atoms with van der Waals surface area (Å²) in [6, 6.07) is 0. The molecule has 0 rings (SSSR count). The first-order valence-corrected chi connectivity index (χ1v) is 7.92. The number of hydrogen-bond donors (Lipinski definition) is 0. The Morgan fingerprint density at radius 3 is 2.00 bits per heavy atom. The fraction of sp³-hybridized carbons (Fsp3) is 0.733. The van der Waals surface area contributed by atoms with E-state index in [1.54, 1.807) is 27.7 Å². The summed E-state index contributed by atoms with van der Waals surface area (Å²) in [6.45, 7) is 9.48. The molecule has 0 bridgehead atoms. The van der Waals surface area contributed by atoms with Crippen molar-refractivity contribution in [2.24, 2.45) is 5.41 Å². The third-order valence-corrected chi connectivity index (χ3v) is 3.50. The van der Waals surface area contributed by atoms with Crippen LogP contribution < -0.4 is 0 Å². The molecule has 0 aliphatic carbocycles. The highest BCUT2D eigenvalue weighted by atomic mass is 32.2. The van der Waals surface area contributed by atoms with Crippen molar-refractivity contribution >= 4 is 34.6 Å². The summed E-state index contributed by atoms with van der Waals surface area (Å²) in [7, 11) is 0. The van der Waals surface area contributed by atoms with Gasteiger partial charge in [0.25, 0.3) is 0 Å². The first kappa shape index (κ1) is 20.6. The smallest absolute Gasteiger partial charge is 0.371 e. The van der Waals surface area contributed by atoms with E-state index in [1.807, 2.05) is 0 Å². The zero-order valence-electron chi connectivity index (χ0n) is 13.9. The van der Waals surface area contributed by atoms with Crippen molar-refractivity contribution in [3.63, 3.8) is 0 Å². The monoisotopic (exact) mass is 332 g/mol. The standard InChI is InChI=1S/C15H24O6S/c1-9(16)7-8-12(17)10(2)22-14(19)21-11(3)20-13(18)15(4,5)6/h10-11H,7-8H2,1-6H3/t10?,11-/m0/s1. The molecule has 0 spiro atoms. The fourth-order valence-corrected chi connectivity index (χ4v) is 1.96. The highest BCUT2D eigenvalue weighted by molar-refractivity contribution is 8.14. The van der Waals surface area contributed by atoms with Crippen LogP contribution in [0.15, 0.2) is 0 Å². The van der Waals surface area contributed by atoms with E-state index in [-0.39, 0.29) is 24.4 Å². The Morgan fingerprint density at radius 1 is 1.00 bits per heavy atom. The number of thioether (sulfide) groups is 1. The SMILES string of the molecule is CC(=O)CCC(=O)C(C)SC(=O)O[C@@H](C)OC(=O)C(C)(C)C. The Kier molecular flexibility index (Phi) is 8.37. The first-order chi connectivity index (χ1) is 9.93. The van der Waals surface area contributed by atoms with Crippen molar-refractivity contribution in [2.75, 3.05) is 0 Å². The van der Waals surface area contributed by atoms with Gasteiger partial charge in [-0.15, -0.1) is 0 Å². The average Bonchev–Trinajstić information content (AvgIpc) is 2.33. The van der Waals surface area contributed by atoms with E-state index in [1.165, 1.54) is 13.8 Å². The van der Waals surface area contributed by atoms with E-state index in [4.69, 9.17) is 9.47 Å². The molecule has 1 unspecified atom stereocenters. The molecule has 0 radical (unpaired) electrons. The van der Waals surface area contributed by atoms with Crippen LogP contribution in [0.3, 0.4) is 0 Å². The minimum absolute atomic E-state index is 0.0733. The van der Waals surface area contributed by atoms with Gasteiger partial charge in [0.2, 0.25) is 6.29 Å². The van der Waals surface area contributed by atoms with Crippen LogP contribution in [0.1, 0.15) is 54.4 Å². The Bertz CT molecular complexity index is 438. The van der Waals surface area contributed by atoms with Crippen LogP contribution in [0.4, 0.5) is 4.79 Å². The average molecular weight is 332 g/mol. The lowest BCUT2D eigenvalue weighted by Crippen LogP contribution is -2.29. The highest BCUT2D eigenvalue weighted by Crippen LogP contribution is 2.20. The summed E-state index contributed by atoms with van der Waals surface area (Å²) in [5.41, 5.74) is -0.691. The molecule has 0 aliphatic heterocycles. The van der Waals surface area contributed by atoms with E-state index in [2.05, 4.69) is 0 Å². The number of esters is 1. The molecule has 0 aromatic heterocycles. The van der Waals surface area contributed by atoms with Crippen LogP contribution in [0.25, 0.3) is 0 Å². The molecule has 0 saturated heterocycles. The lowest BCUT2D eigenvalue weighted by Gasteiger charge is -2.20. The molecular weight excluding hydrogens is 308 g/mol. The summed E-state index contributed by atoms with van der Waals surface area (Å²) in [6.07, 6.45) is -0.754. The van der Waals surface area contributed by atoms with Gasteiger partial charge in [-0.25, -0.2) is 4.79 Å². The number of ether oxygens (including phenoxy) is 2. The molecule has 0 amide bonds. The van der Waals surface area contributed by atoms with E-state index < -0.39 is 28.2 Å². The van der Waals surface area contributed by atoms with Gasteiger partial charge < -0.3 is 14.3 Å². The van der Waals surface area contributed by atoms with Gasteiger partial charge in [0, 0.05) is 19.8 Å². The number of ketones is 2.